The zero-order valence-electron chi connectivity index (χ0n) is 16.7. The lowest BCUT2D eigenvalue weighted by atomic mass is 10.2. The first-order valence-corrected chi connectivity index (χ1v) is 11.3. The van der Waals surface area contributed by atoms with E-state index in [0.29, 0.717) is 29.6 Å². The largest absolute Gasteiger partial charge is 0.469 e. The monoisotopic (exact) mass is 469 g/mol. The Hall–Kier alpha value is -2.29. The Balaban J connectivity index is 2.12. The van der Waals surface area contributed by atoms with Crippen LogP contribution in [0.15, 0.2) is 41.3 Å². The number of halogens is 2. The molecule has 0 amide bonds. The number of aromatic nitrogens is 2. The summed E-state index contributed by atoms with van der Waals surface area (Å²) < 4.78 is 33.0. The van der Waals surface area contributed by atoms with Crippen molar-refractivity contribution in [3.05, 3.63) is 52.3 Å². The first-order chi connectivity index (χ1) is 14.1. The molecule has 160 valence electrons. The maximum Gasteiger partial charge on any atom is 0.305 e. The summed E-state index contributed by atoms with van der Waals surface area (Å²) in [5, 5.41) is 0.372. The quantitative estimate of drug-likeness (QED) is 0.381. The van der Waals surface area contributed by atoms with Gasteiger partial charge in [0.05, 0.1) is 23.2 Å². The molecule has 0 N–H and O–H groups in total. The number of methoxy groups -OCH3 is 1. The number of aryl methyl sites for hydroxylation is 1. The van der Waals surface area contributed by atoms with Gasteiger partial charge in [-0.1, -0.05) is 23.2 Å². The van der Waals surface area contributed by atoms with Gasteiger partial charge in [-0.15, -0.1) is 0 Å². The molecule has 0 spiro atoms. The van der Waals surface area contributed by atoms with Crippen LogP contribution in [0.1, 0.15) is 18.5 Å². The number of carbonyl (C=O) groups excluding carboxylic acids is 1. The molecule has 10 heteroatoms. The molecule has 7 nitrogen and oxygen atoms in total. The van der Waals surface area contributed by atoms with E-state index in [2.05, 4.69) is 9.72 Å². The molecule has 0 aliphatic carbocycles. The number of pyridine rings is 1. The number of rotatable bonds is 7. The SMILES string of the molecule is COC(=O)CCCc1cc2nc(Cl)ccc2n1S(=O)(=O)c1ccc(N(C)C)cc1Cl. The second-order valence-electron chi connectivity index (χ2n) is 6.88. The van der Waals surface area contributed by atoms with Crippen molar-refractivity contribution >= 4 is 55.9 Å². The van der Waals surface area contributed by atoms with Gasteiger partial charge in [-0.25, -0.2) is 17.4 Å². The summed E-state index contributed by atoms with van der Waals surface area (Å²) >= 11 is 12.3. The number of carbonyl (C=O) groups is 1. The van der Waals surface area contributed by atoms with E-state index in [9.17, 15) is 13.2 Å². The van der Waals surface area contributed by atoms with Gasteiger partial charge in [0.1, 0.15) is 10.0 Å². The fourth-order valence-corrected chi connectivity index (χ4v) is 5.37. The average molecular weight is 470 g/mol. The number of fused-ring (bicyclic) bond motifs is 1. The van der Waals surface area contributed by atoms with Crippen LogP contribution in [0.3, 0.4) is 0 Å². The minimum absolute atomic E-state index is 0.0172. The van der Waals surface area contributed by atoms with Gasteiger partial charge in [0, 0.05) is 31.9 Å². The Labute approximate surface area is 185 Å². The Morgan fingerprint density at radius 1 is 1.17 bits per heavy atom. The van der Waals surface area contributed by atoms with Crippen LogP contribution in [0.2, 0.25) is 10.2 Å². The molecule has 0 saturated carbocycles. The molecule has 0 aliphatic heterocycles. The fraction of sp³-hybridized carbons (Fsp3) is 0.300. The van der Waals surface area contributed by atoms with E-state index in [-0.39, 0.29) is 27.5 Å². The first kappa shape index (κ1) is 22.4. The van der Waals surface area contributed by atoms with E-state index in [4.69, 9.17) is 23.2 Å². The van der Waals surface area contributed by atoms with Crippen LogP contribution in [0.5, 0.6) is 0 Å². The van der Waals surface area contributed by atoms with E-state index in [1.165, 1.54) is 23.2 Å². The van der Waals surface area contributed by atoms with Gasteiger partial charge in [-0.05, 0) is 49.2 Å². The van der Waals surface area contributed by atoms with Crippen LogP contribution >= 0.6 is 23.2 Å². The van der Waals surface area contributed by atoms with Gasteiger partial charge < -0.3 is 9.64 Å². The van der Waals surface area contributed by atoms with Crippen molar-refractivity contribution in [2.75, 3.05) is 26.1 Å². The van der Waals surface area contributed by atoms with Crippen molar-refractivity contribution < 1.29 is 17.9 Å². The molecule has 2 aromatic heterocycles. The summed E-state index contributed by atoms with van der Waals surface area (Å²) in [5.41, 5.74) is 2.10. The molecule has 0 bridgehead atoms. The highest BCUT2D eigenvalue weighted by Crippen LogP contribution is 2.32. The lowest BCUT2D eigenvalue weighted by molar-refractivity contribution is -0.140. The van der Waals surface area contributed by atoms with Crippen molar-refractivity contribution in [2.45, 2.75) is 24.2 Å². The van der Waals surface area contributed by atoms with E-state index >= 15 is 0 Å². The zero-order chi connectivity index (χ0) is 22.1. The van der Waals surface area contributed by atoms with Gasteiger partial charge in [-0.2, -0.15) is 0 Å². The van der Waals surface area contributed by atoms with Gasteiger partial charge in [0.25, 0.3) is 10.0 Å². The second kappa shape index (κ2) is 8.83. The Kier molecular flexibility index (Phi) is 6.59. The number of esters is 1. The molecule has 1 aromatic carbocycles. The van der Waals surface area contributed by atoms with Crippen LogP contribution in [-0.4, -0.2) is 44.5 Å². The summed E-state index contributed by atoms with van der Waals surface area (Å²) in [6.45, 7) is 0. The normalized spacial score (nSPS) is 11.6. The van der Waals surface area contributed by atoms with Crippen LogP contribution in [-0.2, 0) is 26.0 Å². The number of anilines is 1. The minimum atomic E-state index is -4.03. The smallest absolute Gasteiger partial charge is 0.305 e. The van der Waals surface area contributed by atoms with Crippen LogP contribution in [0, 0.1) is 0 Å². The van der Waals surface area contributed by atoms with Crippen molar-refractivity contribution in [1.82, 2.24) is 8.96 Å². The summed E-state index contributed by atoms with van der Waals surface area (Å²) in [7, 11) is 0.969. The molecule has 30 heavy (non-hydrogen) atoms. The van der Waals surface area contributed by atoms with Crippen LogP contribution < -0.4 is 4.90 Å². The van der Waals surface area contributed by atoms with Gasteiger partial charge in [0.15, 0.2) is 0 Å². The molecular weight excluding hydrogens is 449 g/mol. The van der Waals surface area contributed by atoms with Gasteiger partial charge in [0.2, 0.25) is 0 Å². The highest BCUT2D eigenvalue weighted by Gasteiger charge is 2.26. The van der Waals surface area contributed by atoms with Gasteiger partial charge >= 0.3 is 5.97 Å². The third kappa shape index (κ3) is 4.40. The standard InChI is InChI=1S/C20H21Cl2N3O4S/c1-24(2)13-7-9-18(15(21)11-13)30(27,28)25-14(5-4-6-20(26)29-3)12-16-17(25)8-10-19(22)23-16/h7-12H,4-6H2,1-3H3. The molecule has 3 rings (SSSR count). The van der Waals surface area contributed by atoms with E-state index in [1.807, 2.05) is 19.0 Å². The van der Waals surface area contributed by atoms with E-state index in [0.717, 1.165) is 5.69 Å². The van der Waals surface area contributed by atoms with Gasteiger partial charge in [-0.3, -0.25) is 4.79 Å². The van der Waals surface area contributed by atoms with Crippen molar-refractivity contribution in [3.8, 4) is 0 Å². The molecule has 0 saturated heterocycles. The lowest BCUT2D eigenvalue weighted by Crippen LogP contribution is -2.17. The van der Waals surface area contributed by atoms with Crippen molar-refractivity contribution in [2.24, 2.45) is 0 Å². The van der Waals surface area contributed by atoms with Crippen molar-refractivity contribution in [1.29, 1.82) is 0 Å². The maximum absolute atomic E-state index is 13.6. The maximum atomic E-state index is 13.6. The highest BCUT2D eigenvalue weighted by molar-refractivity contribution is 7.90. The second-order valence-corrected chi connectivity index (χ2v) is 9.43. The molecule has 2 heterocycles. The number of ether oxygens (including phenoxy) is 1. The lowest BCUT2D eigenvalue weighted by Gasteiger charge is -2.16. The summed E-state index contributed by atoms with van der Waals surface area (Å²) in [6.07, 6.45) is 0.916. The Bertz CT molecular complexity index is 1210. The molecule has 3 aromatic rings. The molecule has 0 radical (unpaired) electrons. The minimum Gasteiger partial charge on any atom is -0.469 e. The predicted molar refractivity (Wildman–Crippen MR) is 118 cm³/mol. The molecule has 0 unspecified atom stereocenters. The zero-order valence-corrected chi connectivity index (χ0v) is 19.1. The Morgan fingerprint density at radius 2 is 1.90 bits per heavy atom. The number of nitrogens with zero attached hydrogens (tertiary/aromatic N) is 3. The summed E-state index contributed by atoms with van der Waals surface area (Å²) in [6, 6.07) is 9.58. The van der Waals surface area contributed by atoms with E-state index < -0.39 is 10.0 Å². The van der Waals surface area contributed by atoms with Crippen LogP contribution in [0.25, 0.3) is 11.0 Å². The number of hydrogen-bond donors (Lipinski definition) is 0. The Morgan fingerprint density at radius 3 is 2.53 bits per heavy atom. The third-order valence-electron chi connectivity index (χ3n) is 4.64. The van der Waals surface area contributed by atoms with Crippen molar-refractivity contribution in [3.63, 3.8) is 0 Å². The molecule has 0 atom stereocenters. The molecular formula is C20H21Cl2N3O4S. The fourth-order valence-electron chi connectivity index (χ4n) is 3.14. The number of hydrogen-bond acceptors (Lipinski definition) is 6. The third-order valence-corrected chi connectivity index (χ3v) is 7.10. The topological polar surface area (TPSA) is 81.5 Å². The summed E-state index contributed by atoms with van der Waals surface area (Å²) in [4.78, 5) is 17.5. The average Bonchev–Trinajstić information content (AvgIpc) is 3.05. The first-order valence-electron chi connectivity index (χ1n) is 9.11. The van der Waals surface area contributed by atoms with Crippen LogP contribution in [0.4, 0.5) is 5.69 Å². The summed E-state index contributed by atoms with van der Waals surface area (Å²) in [5.74, 6) is -0.357. The predicted octanol–water partition coefficient (Wildman–Crippen LogP) is 4.14. The molecule has 0 fully saturated rings. The molecule has 0 aliphatic rings. The van der Waals surface area contributed by atoms with E-state index in [1.54, 1.807) is 24.3 Å². The number of benzene rings is 1. The highest BCUT2D eigenvalue weighted by atomic mass is 35.5.